The van der Waals surface area contributed by atoms with Crippen LogP contribution in [0.4, 0.5) is 5.82 Å². The number of aromatic nitrogens is 4. The van der Waals surface area contributed by atoms with E-state index in [2.05, 4.69) is 47.7 Å². The van der Waals surface area contributed by atoms with Crippen LogP contribution < -0.4 is 10.2 Å². The van der Waals surface area contributed by atoms with Crippen LogP contribution in [-0.4, -0.2) is 82.0 Å². The summed E-state index contributed by atoms with van der Waals surface area (Å²) in [4.78, 5) is 46.5. The zero-order chi connectivity index (χ0) is 30.5. The molecule has 2 saturated heterocycles. The largest absolute Gasteiger partial charge is 0.378 e. The molecule has 2 fully saturated rings. The minimum Gasteiger partial charge on any atom is -0.378 e. The second kappa shape index (κ2) is 13.2. The molecule has 0 aliphatic carbocycles. The van der Waals surface area contributed by atoms with Crippen molar-refractivity contribution < 1.29 is 14.3 Å². The lowest BCUT2D eigenvalue weighted by atomic mass is 10.0. The zero-order valence-electron chi connectivity index (χ0n) is 24.5. The summed E-state index contributed by atoms with van der Waals surface area (Å²) in [5, 5.41) is 12.8. The third-order valence-electron chi connectivity index (χ3n) is 8.11. The Morgan fingerprint density at radius 1 is 1.07 bits per heavy atom. The number of carbonyl (C=O) groups excluding carboxylic acids is 2. The standard InChI is InChI=1S/C33H34N8O3/c1-22(18-34)33(43)38-26-3-2-10-40(20-26)19-24-8-9-35-29(15-24)30(42)16-23-4-6-25(7-5-23)28-17-27-31(39-28)36-21-37-32(27)41-11-13-44-14-12-41/h4-9,15,17,21,26H,1-3,10-14,16,19-20H2,(H,38,43)(H,36,37,39). The second-order valence-corrected chi connectivity index (χ2v) is 11.2. The number of rotatable bonds is 9. The van der Waals surface area contributed by atoms with Crippen molar-refractivity contribution in [3.8, 4) is 17.3 Å². The Labute approximate surface area is 255 Å². The zero-order valence-corrected chi connectivity index (χ0v) is 24.5. The van der Waals surface area contributed by atoms with E-state index in [1.54, 1.807) is 18.6 Å². The fourth-order valence-electron chi connectivity index (χ4n) is 5.81. The van der Waals surface area contributed by atoms with Gasteiger partial charge in [0.05, 0.1) is 18.6 Å². The Hall–Kier alpha value is -4.92. The number of carbonyl (C=O) groups is 2. The number of likely N-dealkylation sites (tertiary alicyclic amines) is 1. The van der Waals surface area contributed by atoms with Crippen molar-refractivity contribution in [2.45, 2.75) is 31.8 Å². The fraction of sp³-hybridized carbons (Fsp3) is 0.333. The van der Waals surface area contributed by atoms with Crippen LogP contribution in [0, 0.1) is 11.3 Å². The van der Waals surface area contributed by atoms with E-state index in [0.29, 0.717) is 32.0 Å². The highest BCUT2D eigenvalue weighted by Gasteiger charge is 2.23. The van der Waals surface area contributed by atoms with E-state index in [9.17, 15) is 9.59 Å². The molecule has 2 aliphatic heterocycles. The molecule has 4 aromatic rings. The average molecular weight is 591 g/mol. The van der Waals surface area contributed by atoms with Gasteiger partial charge in [0.1, 0.15) is 35.1 Å². The van der Waals surface area contributed by atoms with E-state index in [0.717, 1.165) is 71.7 Å². The monoisotopic (exact) mass is 590 g/mol. The van der Waals surface area contributed by atoms with E-state index in [4.69, 9.17) is 10.00 Å². The number of ether oxygens (including phenoxy) is 1. The summed E-state index contributed by atoms with van der Waals surface area (Å²) >= 11 is 0. The first kappa shape index (κ1) is 29.2. The van der Waals surface area contributed by atoms with Crippen LogP contribution in [-0.2, 0) is 22.5 Å². The number of piperidine rings is 1. The smallest absolute Gasteiger partial charge is 0.261 e. The lowest BCUT2D eigenvalue weighted by Crippen LogP contribution is -2.47. The van der Waals surface area contributed by atoms with Crippen molar-refractivity contribution in [3.63, 3.8) is 0 Å². The Kier molecular flexibility index (Phi) is 8.72. The van der Waals surface area contributed by atoms with E-state index >= 15 is 0 Å². The number of benzene rings is 1. The van der Waals surface area contributed by atoms with Gasteiger partial charge in [-0.15, -0.1) is 0 Å². The molecule has 44 heavy (non-hydrogen) atoms. The van der Waals surface area contributed by atoms with Crippen molar-refractivity contribution in [1.29, 1.82) is 5.26 Å². The van der Waals surface area contributed by atoms with Gasteiger partial charge in [0.25, 0.3) is 5.91 Å². The van der Waals surface area contributed by atoms with Gasteiger partial charge < -0.3 is 19.9 Å². The maximum absolute atomic E-state index is 13.2. The Bertz CT molecular complexity index is 1720. The summed E-state index contributed by atoms with van der Waals surface area (Å²) in [5.41, 5.74) is 4.98. The lowest BCUT2D eigenvalue weighted by molar-refractivity contribution is -0.118. The first-order valence-electron chi connectivity index (χ1n) is 14.8. The van der Waals surface area contributed by atoms with Crippen molar-refractivity contribution in [2.75, 3.05) is 44.3 Å². The van der Waals surface area contributed by atoms with Gasteiger partial charge >= 0.3 is 0 Å². The second-order valence-electron chi connectivity index (χ2n) is 11.2. The number of H-pyrrole nitrogens is 1. The average Bonchev–Trinajstić information content (AvgIpc) is 3.50. The fourth-order valence-corrected chi connectivity index (χ4v) is 5.81. The van der Waals surface area contributed by atoms with Gasteiger partial charge in [0.2, 0.25) is 0 Å². The van der Waals surface area contributed by atoms with E-state index in [1.165, 1.54) is 0 Å². The number of nitriles is 1. The van der Waals surface area contributed by atoms with E-state index < -0.39 is 5.91 Å². The first-order valence-corrected chi connectivity index (χ1v) is 14.8. The normalized spacial score (nSPS) is 17.2. The molecule has 5 heterocycles. The van der Waals surface area contributed by atoms with Gasteiger partial charge in [-0.2, -0.15) is 5.26 Å². The molecule has 0 bridgehead atoms. The molecule has 0 spiro atoms. The maximum atomic E-state index is 13.2. The Morgan fingerprint density at radius 2 is 1.89 bits per heavy atom. The summed E-state index contributed by atoms with van der Waals surface area (Å²) in [6, 6.07) is 15.6. The van der Waals surface area contributed by atoms with Crippen molar-refractivity contribution in [2.24, 2.45) is 0 Å². The van der Waals surface area contributed by atoms with Gasteiger partial charge in [-0.3, -0.25) is 19.5 Å². The van der Waals surface area contributed by atoms with Gasteiger partial charge in [-0.1, -0.05) is 30.8 Å². The minimum atomic E-state index is -0.419. The molecule has 0 saturated carbocycles. The van der Waals surface area contributed by atoms with E-state index in [1.807, 2.05) is 36.4 Å². The van der Waals surface area contributed by atoms with E-state index in [-0.39, 0.29) is 23.8 Å². The quantitative estimate of drug-likeness (QED) is 0.170. The molecule has 1 aromatic carbocycles. The number of nitrogens with zero attached hydrogens (tertiary/aromatic N) is 6. The molecule has 2 N–H and O–H groups in total. The number of pyridine rings is 1. The number of anilines is 1. The molecule has 0 radical (unpaired) electrons. The molecule has 11 heteroatoms. The highest BCUT2D eigenvalue weighted by atomic mass is 16.5. The van der Waals surface area contributed by atoms with Crippen LogP contribution in [0.2, 0.25) is 0 Å². The highest BCUT2D eigenvalue weighted by molar-refractivity contribution is 5.97. The summed E-state index contributed by atoms with van der Waals surface area (Å²) < 4.78 is 5.49. The molecular formula is C33H34N8O3. The molecule has 1 unspecified atom stereocenters. The van der Waals surface area contributed by atoms with Crippen molar-refractivity contribution in [3.05, 3.63) is 84.0 Å². The number of amides is 1. The molecule has 1 amide bonds. The van der Waals surface area contributed by atoms with Gasteiger partial charge in [0, 0.05) is 50.5 Å². The molecule has 2 aliphatic rings. The van der Waals surface area contributed by atoms with Gasteiger partial charge in [-0.05, 0) is 54.3 Å². The van der Waals surface area contributed by atoms with Crippen LogP contribution in [0.3, 0.4) is 0 Å². The number of fused-ring (bicyclic) bond motifs is 1. The molecule has 1 atom stereocenters. The summed E-state index contributed by atoms with van der Waals surface area (Å²) in [7, 11) is 0. The van der Waals surface area contributed by atoms with Crippen LogP contribution in [0.5, 0.6) is 0 Å². The summed E-state index contributed by atoms with van der Waals surface area (Å²) in [6.45, 7) is 8.66. The van der Waals surface area contributed by atoms with Crippen LogP contribution in [0.15, 0.2) is 67.1 Å². The first-order chi connectivity index (χ1) is 21.5. The maximum Gasteiger partial charge on any atom is 0.261 e. The Balaban J connectivity index is 1.08. The number of Topliss-reactive ketones (excluding diaryl/α,β-unsaturated/α-hetero) is 1. The third kappa shape index (κ3) is 6.67. The predicted molar refractivity (Wildman–Crippen MR) is 166 cm³/mol. The molecular weight excluding hydrogens is 556 g/mol. The van der Waals surface area contributed by atoms with Crippen LogP contribution in [0.25, 0.3) is 22.3 Å². The third-order valence-corrected chi connectivity index (χ3v) is 8.11. The SMILES string of the molecule is C=C(C#N)C(=O)NC1CCCN(Cc2ccnc(C(=O)Cc3ccc(-c4cc5c(N6CCOCC6)ncnc5[nH]4)cc3)c2)C1. The number of ketones is 1. The van der Waals surface area contributed by atoms with Gasteiger partial charge in [-0.25, -0.2) is 9.97 Å². The number of hydrogen-bond donors (Lipinski definition) is 2. The number of hydrogen-bond acceptors (Lipinski definition) is 9. The number of aromatic amines is 1. The summed E-state index contributed by atoms with van der Waals surface area (Å²) in [5.74, 6) is 0.443. The van der Waals surface area contributed by atoms with Crippen molar-refractivity contribution >= 4 is 28.5 Å². The van der Waals surface area contributed by atoms with Gasteiger partial charge in [0.15, 0.2) is 5.78 Å². The summed E-state index contributed by atoms with van der Waals surface area (Å²) in [6.07, 6.45) is 5.29. The predicted octanol–water partition coefficient (Wildman–Crippen LogP) is 3.44. The van der Waals surface area contributed by atoms with Crippen molar-refractivity contribution in [1.82, 2.24) is 30.2 Å². The minimum absolute atomic E-state index is 0.0450. The number of nitrogens with one attached hydrogen (secondary N) is 2. The number of morpholine rings is 1. The van der Waals surface area contributed by atoms with Crippen LogP contribution in [0.1, 0.15) is 34.5 Å². The molecule has 224 valence electrons. The molecule has 6 rings (SSSR count). The molecule has 11 nitrogen and oxygen atoms in total. The Morgan fingerprint density at radius 3 is 2.68 bits per heavy atom. The van der Waals surface area contributed by atoms with Crippen LogP contribution >= 0.6 is 0 Å². The topological polar surface area (TPSA) is 140 Å². The lowest BCUT2D eigenvalue weighted by Gasteiger charge is -2.33. The molecule has 3 aromatic heterocycles. The highest BCUT2D eigenvalue weighted by Crippen LogP contribution is 2.29.